The number of imidazole rings is 1. The summed E-state index contributed by atoms with van der Waals surface area (Å²) in [6.07, 6.45) is 6.39. The zero-order valence-corrected chi connectivity index (χ0v) is 12.2. The van der Waals surface area contributed by atoms with E-state index in [9.17, 15) is 0 Å². The number of rotatable bonds is 5. The van der Waals surface area contributed by atoms with Crippen molar-refractivity contribution in [1.82, 2.24) is 9.55 Å². The van der Waals surface area contributed by atoms with E-state index in [1.54, 1.807) is 0 Å². The van der Waals surface area contributed by atoms with E-state index in [4.69, 9.17) is 11.2 Å². The first-order chi connectivity index (χ1) is 9.15. The number of aromatic nitrogens is 2. The van der Waals surface area contributed by atoms with Gasteiger partial charge in [0.05, 0.1) is 23.7 Å². The van der Waals surface area contributed by atoms with Crippen molar-refractivity contribution in [2.24, 2.45) is 0 Å². The van der Waals surface area contributed by atoms with E-state index in [0.29, 0.717) is 6.54 Å². The molecule has 0 fully saturated rings. The Morgan fingerprint density at radius 3 is 2.89 bits per heavy atom. The van der Waals surface area contributed by atoms with Gasteiger partial charge in [0.15, 0.2) is 0 Å². The van der Waals surface area contributed by atoms with E-state index in [1.807, 2.05) is 32.0 Å². The first-order valence-electron chi connectivity index (χ1n) is 6.36. The van der Waals surface area contributed by atoms with Crippen molar-refractivity contribution >= 4 is 23.7 Å². The molecule has 0 saturated carbocycles. The summed E-state index contributed by atoms with van der Waals surface area (Å²) in [5, 5.41) is 0. The number of terminal acetylenes is 1. The van der Waals surface area contributed by atoms with E-state index in [1.165, 1.54) is 0 Å². The molecule has 0 amide bonds. The Hall–Kier alpha value is -1.60. The highest BCUT2D eigenvalue weighted by Gasteiger charge is 2.10. The molecule has 0 bridgehead atoms. The fourth-order valence-electron chi connectivity index (χ4n) is 2.06. The quantitative estimate of drug-likeness (QED) is 0.670. The van der Waals surface area contributed by atoms with Gasteiger partial charge >= 0.3 is 0 Å². The molecule has 0 aliphatic rings. The minimum atomic E-state index is 0.155. The van der Waals surface area contributed by atoms with Crippen LogP contribution in [0.2, 0.25) is 0 Å². The molecule has 4 heteroatoms. The molecule has 0 atom stereocenters. The van der Waals surface area contributed by atoms with Crippen LogP contribution in [0.3, 0.4) is 0 Å². The molecule has 1 heterocycles. The molecule has 0 aliphatic carbocycles. The van der Waals surface area contributed by atoms with Gasteiger partial charge in [-0.15, -0.1) is 6.42 Å². The first-order valence-corrected chi connectivity index (χ1v) is 6.99. The van der Waals surface area contributed by atoms with Crippen LogP contribution in [0.5, 0.6) is 5.75 Å². The second-order valence-electron chi connectivity index (χ2n) is 4.61. The van der Waals surface area contributed by atoms with Gasteiger partial charge in [0.1, 0.15) is 11.6 Å². The summed E-state index contributed by atoms with van der Waals surface area (Å²) in [6, 6.07) is 5.94. The SMILES string of the molecule is C#CCn1c(CCS)nc2cc(OC(C)C)ccc21. The maximum atomic E-state index is 5.69. The number of benzene rings is 1. The molecule has 0 unspecified atom stereocenters. The van der Waals surface area contributed by atoms with Crippen LogP contribution in [0.1, 0.15) is 19.7 Å². The molecular weight excluding hydrogens is 256 g/mol. The van der Waals surface area contributed by atoms with Crippen LogP contribution in [0, 0.1) is 12.3 Å². The van der Waals surface area contributed by atoms with Crippen LogP contribution in [0.25, 0.3) is 11.0 Å². The summed E-state index contributed by atoms with van der Waals surface area (Å²) in [5.74, 6) is 5.24. The van der Waals surface area contributed by atoms with E-state index in [0.717, 1.165) is 34.8 Å². The summed E-state index contributed by atoms with van der Waals surface area (Å²) in [6.45, 7) is 4.55. The number of ether oxygens (including phenoxy) is 1. The molecule has 1 aromatic heterocycles. The lowest BCUT2D eigenvalue weighted by molar-refractivity contribution is 0.242. The van der Waals surface area contributed by atoms with Gasteiger partial charge < -0.3 is 9.30 Å². The standard InChI is InChI=1S/C15H18N2OS/c1-4-8-17-14-6-5-12(18-11(2)3)10-13(14)16-15(17)7-9-19/h1,5-6,10-11,19H,7-9H2,2-3H3. The monoisotopic (exact) mass is 274 g/mol. The maximum absolute atomic E-state index is 5.69. The van der Waals surface area contributed by atoms with Crippen molar-refractivity contribution in [3.63, 3.8) is 0 Å². The molecule has 1 aromatic carbocycles. The number of nitrogens with zero attached hydrogens (tertiary/aromatic N) is 2. The number of hydrogen-bond donors (Lipinski definition) is 1. The summed E-state index contributed by atoms with van der Waals surface area (Å²) < 4.78 is 7.75. The van der Waals surface area contributed by atoms with Crippen molar-refractivity contribution in [2.45, 2.75) is 32.9 Å². The lowest BCUT2D eigenvalue weighted by Crippen LogP contribution is -2.05. The van der Waals surface area contributed by atoms with Crippen LogP contribution >= 0.6 is 12.6 Å². The van der Waals surface area contributed by atoms with Gasteiger partial charge in [-0.2, -0.15) is 12.6 Å². The Bertz CT molecular complexity index is 610. The van der Waals surface area contributed by atoms with Gasteiger partial charge in [-0.3, -0.25) is 0 Å². The van der Waals surface area contributed by atoms with Crippen LogP contribution in [0.4, 0.5) is 0 Å². The van der Waals surface area contributed by atoms with E-state index in [2.05, 4.69) is 28.1 Å². The fourth-order valence-corrected chi connectivity index (χ4v) is 2.26. The van der Waals surface area contributed by atoms with Gasteiger partial charge in [0.25, 0.3) is 0 Å². The second-order valence-corrected chi connectivity index (χ2v) is 5.06. The molecule has 0 radical (unpaired) electrons. The number of aryl methyl sites for hydroxylation is 1. The Kier molecular flexibility index (Phi) is 4.39. The third-order valence-electron chi connectivity index (χ3n) is 2.76. The molecule has 3 nitrogen and oxygen atoms in total. The van der Waals surface area contributed by atoms with E-state index < -0.39 is 0 Å². The van der Waals surface area contributed by atoms with Crippen LogP contribution in [-0.4, -0.2) is 21.4 Å². The van der Waals surface area contributed by atoms with Gasteiger partial charge in [0.2, 0.25) is 0 Å². The van der Waals surface area contributed by atoms with Crippen LogP contribution in [-0.2, 0) is 13.0 Å². The molecule has 19 heavy (non-hydrogen) atoms. The van der Waals surface area contributed by atoms with Gasteiger partial charge in [-0.25, -0.2) is 4.98 Å². The van der Waals surface area contributed by atoms with Crippen molar-refractivity contribution in [3.05, 3.63) is 24.0 Å². The summed E-state index contributed by atoms with van der Waals surface area (Å²) >= 11 is 4.26. The summed E-state index contributed by atoms with van der Waals surface area (Å²) in [5.41, 5.74) is 1.97. The zero-order valence-electron chi connectivity index (χ0n) is 11.3. The zero-order chi connectivity index (χ0) is 13.8. The average Bonchev–Trinajstić information content (AvgIpc) is 2.67. The lowest BCUT2D eigenvalue weighted by atomic mass is 10.3. The molecule has 100 valence electrons. The minimum Gasteiger partial charge on any atom is -0.491 e. The Balaban J connectivity index is 2.46. The maximum Gasteiger partial charge on any atom is 0.121 e. The molecule has 0 spiro atoms. The lowest BCUT2D eigenvalue weighted by Gasteiger charge is -2.09. The van der Waals surface area contributed by atoms with Gasteiger partial charge in [-0.05, 0) is 31.7 Å². The topological polar surface area (TPSA) is 27.1 Å². The predicted molar refractivity (Wildman–Crippen MR) is 81.9 cm³/mol. The smallest absolute Gasteiger partial charge is 0.121 e. The van der Waals surface area contributed by atoms with Crippen molar-refractivity contribution in [2.75, 3.05) is 5.75 Å². The highest BCUT2D eigenvalue weighted by molar-refractivity contribution is 7.80. The average molecular weight is 274 g/mol. The van der Waals surface area contributed by atoms with Crippen LogP contribution in [0.15, 0.2) is 18.2 Å². The van der Waals surface area contributed by atoms with Gasteiger partial charge in [0, 0.05) is 12.5 Å². The van der Waals surface area contributed by atoms with E-state index >= 15 is 0 Å². The number of hydrogen-bond acceptors (Lipinski definition) is 3. The third kappa shape index (κ3) is 3.05. The first kappa shape index (κ1) is 13.8. The fraction of sp³-hybridized carbons (Fsp3) is 0.400. The number of fused-ring (bicyclic) bond motifs is 1. The summed E-state index contributed by atoms with van der Waals surface area (Å²) in [4.78, 5) is 4.63. The Labute approximate surface area is 119 Å². The van der Waals surface area contributed by atoms with Crippen LogP contribution < -0.4 is 4.74 Å². The van der Waals surface area contributed by atoms with E-state index in [-0.39, 0.29) is 6.10 Å². The predicted octanol–water partition coefficient (Wildman–Crippen LogP) is 2.93. The van der Waals surface area contributed by atoms with Crippen molar-refractivity contribution < 1.29 is 4.74 Å². The van der Waals surface area contributed by atoms with Crippen molar-refractivity contribution in [1.29, 1.82) is 0 Å². The molecule has 2 rings (SSSR count). The molecule has 0 N–H and O–H groups in total. The molecular formula is C15H18N2OS. The van der Waals surface area contributed by atoms with Crippen molar-refractivity contribution in [3.8, 4) is 18.1 Å². The normalized spacial score (nSPS) is 10.9. The molecule has 2 aromatic rings. The number of thiol groups is 1. The van der Waals surface area contributed by atoms with Gasteiger partial charge in [-0.1, -0.05) is 5.92 Å². The largest absolute Gasteiger partial charge is 0.491 e. The highest BCUT2D eigenvalue weighted by Crippen LogP contribution is 2.23. The summed E-state index contributed by atoms with van der Waals surface area (Å²) in [7, 11) is 0. The minimum absolute atomic E-state index is 0.155. The third-order valence-corrected chi connectivity index (χ3v) is 2.98. The molecule has 0 saturated heterocycles. The Morgan fingerprint density at radius 1 is 1.47 bits per heavy atom. The Morgan fingerprint density at radius 2 is 2.26 bits per heavy atom. The second kappa shape index (κ2) is 6.03. The highest BCUT2D eigenvalue weighted by atomic mass is 32.1. The molecule has 0 aliphatic heterocycles.